The average Bonchev–Trinajstić information content (AvgIpc) is 3.33. The number of hydrogen-bond acceptors (Lipinski definition) is 4. The Kier molecular flexibility index (Phi) is 7.54. The molecule has 0 saturated heterocycles. The number of rotatable bonds is 5. The summed E-state index contributed by atoms with van der Waals surface area (Å²) in [6.45, 7) is 14.7. The molecule has 3 aromatic carbocycles. The maximum Gasteiger partial charge on any atom is 0.243 e. The van der Waals surface area contributed by atoms with E-state index in [-0.39, 0.29) is 10.8 Å². The van der Waals surface area contributed by atoms with Crippen LogP contribution in [0.5, 0.6) is 0 Å². The molecule has 2 heterocycles. The van der Waals surface area contributed by atoms with E-state index in [9.17, 15) is 13.5 Å². The molecule has 2 atom stereocenters. The maximum atomic E-state index is 13.2. The molecule has 0 amide bonds. The number of aromatic amines is 1. The van der Waals surface area contributed by atoms with Crippen molar-refractivity contribution in [3.05, 3.63) is 82.5 Å². The lowest BCUT2D eigenvalue weighted by molar-refractivity contribution is 0.0868. The summed E-state index contributed by atoms with van der Waals surface area (Å²) in [6.07, 6.45) is 1.39. The highest BCUT2D eigenvalue weighted by Crippen LogP contribution is 2.46. The molecule has 7 heteroatoms. The topological polar surface area (TPSA) is 85.4 Å². The number of H-pyrrole nitrogens is 1. The Labute approximate surface area is 243 Å². The number of nitrogens with zero attached hydrogens (tertiary/aromatic N) is 1. The summed E-state index contributed by atoms with van der Waals surface area (Å²) >= 11 is 0. The molecule has 0 bridgehead atoms. The minimum absolute atomic E-state index is 0.178. The van der Waals surface area contributed by atoms with E-state index < -0.39 is 21.7 Å². The second kappa shape index (κ2) is 10.7. The number of fused-ring (bicyclic) bond motifs is 2. The molecule has 0 saturated carbocycles. The van der Waals surface area contributed by atoms with Gasteiger partial charge in [0.05, 0.1) is 22.1 Å². The molecule has 1 aliphatic heterocycles. The Hall–Kier alpha value is -3.57. The van der Waals surface area contributed by atoms with E-state index in [1.807, 2.05) is 40.0 Å². The van der Waals surface area contributed by atoms with Crippen molar-refractivity contribution in [2.75, 3.05) is 18.4 Å². The van der Waals surface area contributed by atoms with Gasteiger partial charge in [0.1, 0.15) is 0 Å². The van der Waals surface area contributed by atoms with Crippen molar-refractivity contribution in [1.82, 2.24) is 9.29 Å². The first-order chi connectivity index (χ1) is 19.4. The summed E-state index contributed by atoms with van der Waals surface area (Å²) in [7, 11) is -3.61. The lowest BCUT2D eigenvalue weighted by Gasteiger charge is -2.43. The molecule has 3 N–H and O–H groups in total. The summed E-state index contributed by atoms with van der Waals surface area (Å²) in [5.41, 5.74) is 8.22. The van der Waals surface area contributed by atoms with Gasteiger partial charge in [-0.3, -0.25) is 0 Å². The van der Waals surface area contributed by atoms with E-state index in [1.54, 1.807) is 18.2 Å². The number of benzene rings is 3. The quantitative estimate of drug-likeness (QED) is 0.238. The number of para-hydroxylation sites is 1. The van der Waals surface area contributed by atoms with Gasteiger partial charge in [-0.25, -0.2) is 8.42 Å². The first-order valence-electron chi connectivity index (χ1n) is 14.2. The molecule has 0 spiro atoms. The summed E-state index contributed by atoms with van der Waals surface area (Å²) in [4.78, 5) is 3.68. The van der Waals surface area contributed by atoms with Crippen molar-refractivity contribution in [1.29, 1.82) is 0 Å². The predicted octanol–water partition coefficient (Wildman–Crippen LogP) is 6.55. The van der Waals surface area contributed by atoms with E-state index in [0.29, 0.717) is 18.7 Å². The molecule has 41 heavy (non-hydrogen) atoms. The molecule has 6 nitrogen and oxygen atoms in total. The fourth-order valence-corrected chi connectivity index (χ4v) is 7.60. The van der Waals surface area contributed by atoms with Crippen LogP contribution < -0.4 is 5.32 Å². The highest BCUT2D eigenvalue weighted by atomic mass is 32.2. The number of aliphatic hydroxyl groups excluding tert-OH is 1. The van der Waals surface area contributed by atoms with Crippen LogP contribution in [0.25, 0.3) is 22.0 Å². The zero-order valence-corrected chi connectivity index (χ0v) is 25.7. The molecule has 5 rings (SSSR count). The monoisotopic (exact) mass is 569 g/mol. The van der Waals surface area contributed by atoms with E-state index >= 15 is 0 Å². The minimum atomic E-state index is -3.61. The predicted molar refractivity (Wildman–Crippen MR) is 168 cm³/mol. The number of nitrogens with one attached hydrogen (secondary N) is 2. The Morgan fingerprint density at radius 3 is 2.39 bits per heavy atom. The van der Waals surface area contributed by atoms with Gasteiger partial charge in [0.25, 0.3) is 0 Å². The average molecular weight is 570 g/mol. The zero-order chi connectivity index (χ0) is 29.7. The highest BCUT2D eigenvalue weighted by Gasteiger charge is 2.41. The van der Waals surface area contributed by atoms with Gasteiger partial charge in [-0.2, -0.15) is 4.31 Å². The van der Waals surface area contributed by atoms with Gasteiger partial charge in [-0.15, -0.1) is 0 Å². The van der Waals surface area contributed by atoms with Crippen molar-refractivity contribution in [3.63, 3.8) is 0 Å². The molecular formula is C34H39N3O3S. The van der Waals surface area contributed by atoms with E-state index in [4.69, 9.17) is 0 Å². The third-order valence-electron chi connectivity index (χ3n) is 8.40. The third-order valence-corrected chi connectivity index (χ3v) is 10.4. The first-order valence-corrected chi connectivity index (χ1v) is 15.7. The van der Waals surface area contributed by atoms with E-state index in [1.165, 1.54) is 9.87 Å². The Balaban J connectivity index is 1.75. The first kappa shape index (κ1) is 28.9. The molecule has 214 valence electrons. The molecule has 1 aliphatic rings. The number of aliphatic hydroxyl groups is 1. The molecule has 1 aromatic heterocycles. The molecule has 4 aromatic rings. The maximum absolute atomic E-state index is 13.2. The zero-order valence-electron chi connectivity index (χ0n) is 24.9. The molecule has 0 radical (unpaired) electrons. The van der Waals surface area contributed by atoms with Crippen LogP contribution in [0.15, 0.2) is 59.6 Å². The van der Waals surface area contributed by atoms with Crippen LogP contribution in [0.1, 0.15) is 68.4 Å². The van der Waals surface area contributed by atoms with Crippen molar-refractivity contribution >= 4 is 26.6 Å². The van der Waals surface area contributed by atoms with Crippen molar-refractivity contribution in [2.24, 2.45) is 0 Å². The van der Waals surface area contributed by atoms with Gasteiger partial charge in [-0.05, 0) is 68.7 Å². The standard InChI is InChI=1S/C34H39N3O3S/c1-8-37(9-2)41(39,40)25-13-10-12-24(19-25)16-17-27-29(28-15-11-14-26-22(4)20-35-32(26)28)18-21(3)31-30(27)23(5)33(38)34(6,7)36-31/h10-15,18-20,23,33,35-36,38H,8-9H2,1-7H3/t23-,33+/m1/s1. The lowest BCUT2D eigenvalue weighted by atomic mass is 9.75. The number of aromatic nitrogens is 1. The molecule has 0 unspecified atom stereocenters. The second-order valence-electron chi connectivity index (χ2n) is 11.6. The minimum Gasteiger partial charge on any atom is -0.390 e. The molecule has 0 fully saturated rings. The summed E-state index contributed by atoms with van der Waals surface area (Å²) < 4.78 is 27.8. The largest absolute Gasteiger partial charge is 0.390 e. The fourth-order valence-electron chi connectivity index (χ4n) is 6.09. The Morgan fingerprint density at radius 2 is 1.68 bits per heavy atom. The fraction of sp³-hybridized carbons (Fsp3) is 0.353. The van der Waals surface area contributed by atoms with Crippen molar-refractivity contribution < 1.29 is 13.5 Å². The van der Waals surface area contributed by atoms with Crippen LogP contribution in [0.4, 0.5) is 5.69 Å². The van der Waals surface area contributed by atoms with Crippen LogP contribution in [-0.4, -0.2) is 47.5 Å². The van der Waals surface area contributed by atoms with Gasteiger partial charge >= 0.3 is 0 Å². The SMILES string of the molecule is CCN(CC)S(=O)(=O)c1cccc(C#Cc2c(-c3cccc4c(C)c[nH]c34)cc(C)c3c2[C@@H](C)[C@H](O)C(C)(C)N3)c1. The van der Waals surface area contributed by atoms with Gasteiger partial charge < -0.3 is 15.4 Å². The van der Waals surface area contributed by atoms with Crippen LogP contribution in [-0.2, 0) is 10.0 Å². The van der Waals surface area contributed by atoms with Crippen molar-refractivity contribution in [3.8, 4) is 23.0 Å². The summed E-state index contributed by atoms with van der Waals surface area (Å²) in [5.74, 6) is 6.55. The van der Waals surface area contributed by atoms with Gasteiger partial charge in [0, 0.05) is 58.5 Å². The Bertz CT molecular complexity index is 1800. The number of anilines is 1. The number of sulfonamides is 1. The Morgan fingerprint density at radius 1 is 0.976 bits per heavy atom. The third kappa shape index (κ3) is 4.95. The number of hydrogen-bond donors (Lipinski definition) is 3. The van der Waals surface area contributed by atoms with Crippen LogP contribution in [0.2, 0.25) is 0 Å². The second-order valence-corrected chi connectivity index (χ2v) is 13.5. The van der Waals surface area contributed by atoms with Crippen molar-refractivity contribution in [2.45, 2.75) is 70.9 Å². The smallest absolute Gasteiger partial charge is 0.243 e. The van der Waals surface area contributed by atoms with E-state index in [2.05, 4.69) is 67.2 Å². The van der Waals surface area contributed by atoms with Crippen LogP contribution in [0, 0.1) is 25.7 Å². The highest BCUT2D eigenvalue weighted by molar-refractivity contribution is 7.89. The molecule has 0 aliphatic carbocycles. The van der Waals surface area contributed by atoms with Gasteiger partial charge in [0.15, 0.2) is 0 Å². The molecular weight excluding hydrogens is 530 g/mol. The van der Waals surface area contributed by atoms with Gasteiger partial charge in [0.2, 0.25) is 10.0 Å². The van der Waals surface area contributed by atoms with Gasteiger partial charge in [-0.1, -0.05) is 56.9 Å². The van der Waals surface area contributed by atoms with Crippen LogP contribution in [0.3, 0.4) is 0 Å². The number of aryl methyl sites for hydroxylation is 2. The summed E-state index contributed by atoms with van der Waals surface area (Å²) in [6, 6.07) is 15.3. The van der Waals surface area contributed by atoms with E-state index in [0.717, 1.165) is 44.4 Å². The normalized spacial score (nSPS) is 18.1. The summed E-state index contributed by atoms with van der Waals surface area (Å²) in [5, 5.41) is 16.1. The van der Waals surface area contributed by atoms with Crippen LogP contribution >= 0.6 is 0 Å². The lowest BCUT2D eigenvalue weighted by Crippen LogP contribution is -2.50.